The second-order valence-corrected chi connectivity index (χ2v) is 7.45. The van der Waals surface area contributed by atoms with Crippen molar-refractivity contribution in [3.05, 3.63) is 0 Å². The van der Waals surface area contributed by atoms with Crippen molar-refractivity contribution >= 4 is 35.8 Å². The maximum absolute atomic E-state index is 15.6. The molecule has 0 radical (unpaired) electrons. The Labute approximate surface area is 198 Å². The number of alkyl halides is 2. The van der Waals surface area contributed by atoms with Crippen molar-refractivity contribution in [1.29, 1.82) is 0 Å². The van der Waals surface area contributed by atoms with E-state index in [-0.39, 0.29) is 0 Å². The van der Waals surface area contributed by atoms with Gasteiger partial charge in [0.15, 0.2) is 18.3 Å². The first kappa shape index (κ1) is 29.7. The number of hydrogen-bond acceptors (Lipinski definition) is 12. The highest BCUT2D eigenvalue weighted by Gasteiger charge is 2.65. The summed E-state index contributed by atoms with van der Waals surface area (Å²) in [7, 11) is 0.724. The quantitative estimate of drug-likeness (QED) is 0.309. The molecule has 1 amide bonds. The van der Waals surface area contributed by atoms with Crippen LogP contribution in [-0.2, 0) is 57.2 Å². The van der Waals surface area contributed by atoms with Crippen LogP contribution >= 0.6 is 0 Å². The highest BCUT2D eigenvalue weighted by molar-refractivity contribution is 5.79. The van der Waals surface area contributed by atoms with Crippen molar-refractivity contribution in [1.82, 2.24) is 5.32 Å². The Balaban J connectivity index is 3.74. The highest BCUT2D eigenvalue weighted by atomic mass is 19.2. The normalized spacial score (nSPS) is 27.4. The van der Waals surface area contributed by atoms with E-state index < -0.39 is 84.8 Å². The number of amides is 1. The molecule has 0 spiro atoms. The second kappa shape index (κ2) is 12.4. The van der Waals surface area contributed by atoms with E-state index in [1.54, 1.807) is 0 Å². The van der Waals surface area contributed by atoms with Crippen molar-refractivity contribution in [2.75, 3.05) is 13.7 Å². The van der Waals surface area contributed by atoms with E-state index in [1.165, 1.54) is 0 Å². The molecular weight excluding hydrogens is 484 g/mol. The van der Waals surface area contributed by atoms with Gasteiger partial charge in [-0.1, -0.05) is 0 Å². The molecule has 1 saturated heterocycles. The Bertz CT molecular complexity index is 852. The monoisotopic (exact) mass is 511 g/mol. The van der Waals surface area contributed by atoms with Gasteiger partial charge in [-0.2, -0.15) is 4.39 Å². The molecule has 0 aliphatic carbocycles. The number of nitrogens with one attached hydrogen (secondary N) is 1. The van der Waals surface area contributed by atoms with Crippen molar-refractivity contribution < 1.29 is 66.0 Å². The molecule has 1 heterocycles. The van der Waals surface area contributed by atoms with Crippen LogP contribution in [0.1, 0.15) is 34.6 Å². The van der Waals surface area contributed by atoms with Crippen molar-refractivity contribution in [2.45, 2.75) is 77.1 Å². The molecule has 0 bridgehead atoms. The molecule has 1 unspecified atom stereocenters. The van der Waals surface area contributed by atoms with Crippen molar-refractivity contribution in [3.63, 3.8) is 0 Å². The summed E-state index contributed by atoms with van der Waals surface area (Å²) in [5, 5.41) is 2.20. The number of hydrogen-bond donors (Lipinski definition) is 1. The number of carbonyl (C=O) groups excluding carboxylic acids is 6. The van der Waals surface area contributed by atoms with Crippen LogP contribution in [0.5, 0.6) is 0 Å². The van der Waals surface area contributed by atoms with E-state index in [1.807, 2.05) is 0 Å². The molecule has 0 saturated carbocycles. The Morgan fingerprint density at radius 2 is 1.51 bits per heavy atom. The average Bonchev–Trinajstić information content (AvgIpc) is 2.73. The van der Waals surface area contributed by atoms with E-state index in [0.717, 1.165) is 41.7 Å². The van der Waals surface area contributed by atoms with Gasteiger partial charge >= 0.3 is 35.7 Å². The van der Waals surface area contributed by atoms with Crippen LogP contribution in [0.25, 0.3) is 0 Å². The fraction of sp³-hybridized carbons (Fsp3) is 0.700. The number of halogens is 2. The van der Waals surface area contributed by atoms with Gasteiger partial charge in [0, 0.05) is 34.6 Å². The van der Waals surface area contributed by atoms with Crippen LogP contribution in [0.4, 0.5) is 8.78 Å². The summed E-state index contributed by atoms with van der Waals surface area (Å²) in [6, 6.07) is -1.79. The summed E-state index contributed by atoms with van der Waals surface area (Å²) in [4.78, 5) is 70.6. The van der Waals surface area contributed by atoms with Gasteiger partial charge in [0.05, 0.1) is 13.2 Å². The first-order valence-corrected chi connectivity index (χ1v) is 10.1. The van der Waals surface area contributed by atoms with E-state index >= 15 is 8.78 Å². The van der Waals surface area contributed by atoms with Gasteiger partial charge in [0.2, 0.25) is 12.1 Å². The van der Waals surface area contributed by atoms with Crippen LogP contribution in [0, 0.1) is 0 Å². The molecule has 15 heteroatoms. The SMILES string of the molecule is COC(=O)[C@]1(F)OC([C@H](OC(C)=O)[C@@H](COC(C)=O)OC(C)=O)[C@H](NC(C)=O)[C@@H](OC(C)=O)[C@H]1F. The van der Waals surface area contributed by atoms with Crippen LogP contribution in [0.2, 0.25) is 0 Å². The molecule has 1 rings (SSSR count). The maximum Gasteiger partial charge on any atom is 0.375 e. The molecule has 1 fully saturated rings. The lowest BCUT2D eigenvalue weighted by Crippen LogP contribution is -2.72. The Kier molecular flexibility index (Phi) is 10.5. The standard InChI is InChI=1S/C20H27F2NO12/c1-8(24)23-14-16(15(33-11(4)27)13(32-10(3)26)7-31-9(2)25)35-20(22,19(29)30-6)18(21)17(14)34-12(5)28/h13-18H,7H2,1-6H3,(H,23,24)/t13-,14+,15-,16?,17-,18-,20-/m1/s1. The predicted molar refractivity (Wildman–Crippen MR) is 107 cm³/mol. The summed E-state index contributed by atoms with van der Waals surface area (Å²) in [5.41, 5.74) is 0. The molecule has 0 aromatic heterocycles. The van der Waals surface area contributed by atoms with Crippen molar-refractivity contribution in [2.24, 2.45) is 0 Å². The highest BCUT2D eigenvalue weighted by Crippen LogP contribution is 2.39. The van der Waals surface area contributed by atoms with Crippen LogP contribution < -0.4 is 5.32 Å². The maximum atomic E-state index is 15.6. The lowest BCUT2D eigenvalue weighted by Gasteiger charge is -2.47. The van der Waals surface area contributed by atoms with Gasteiger partial charge in [0.25, 0.3) is 0 Å². The van der Waals surface area contributed by atoms with Gasteiger partial charge in [-0.3, -0.25) is 24.0 Å². The van der Waals surface area contributed by atoms with Gasteiger partial charge in [0.1, 0.15) is 12.7 Å². The third kappa shape index (κ3) is 7.83. The minimum Gasteiger partial charge on any atom is -0.465 e. The first-order valence-electron chi connectivity index (χ1n) is 10.1. The molecule has 198 valence electrons. The molecule has 7 atom stereocenters. The van der Waals surface area contributed by atoms with E-state index in [9.17, 15) is 28.8 Å². The van der Waals surface area contributed by atoms with E-state index in [0.29, 0.717) is 0 Å². The summed E-state index contributed by atoms with van der Waals surface area (Å²) >= 11 is 0. The Morgan fingerprint density at radius 3 is 1.94 bits per heavy atom. The smallest absolute Gasteiger partial charge is 0.375 e. The number of carbonyl (C=O) groups is 6. The Morgan fingerprint density at radius 1 is 0.943 bits per heavy atom. The van der Waals surface area contributed by atoms with E-state index in [4.69, 9.17) is 23.7 Å². The largest absolute Gasteiger partial charge is 0.465 e. The topological polar surface area (TPSA) is 170 Å². The minimum atomic E-state index is -3.92. The fourth-order valence-electron chi connectivity index (χ4n) is 3.37. The first-order chi connectivity index (χ1) is 16.1. The van der Waals surface area contributed by atoms with Gasteiger partial charge < -0.3 is 33.7 Å². The number of rotatable bonds is 9. The van der Waals surface area contributed by atoms with Crippen LogP contribution in [0.3, 0.4) is 0 Å². The lowest BCUT2D eigenvalue weighted by molar-refractivity contribution is -0.298. The molecule has 0 aromatic carbocycles. The zero-order chi connectivity index (χ0) is 27.1. The second-order valence-electron chi connectivity index (χ2n) is 7.45. The lowest BCUT2D eigenvalue weighted by atomic mass is 9.87. The molecular formula is C20H27F2NO12. The minimum absolute atomic E-state index is 0.724. The number of methoxy groups -OCH3 is 1. The average molecular weight is 511 g/mol. The molecule has 13 nitrogen and oxygen atoms in total. The third-order valence-corrected chi connectivity index (χ3v) is 4.55. The fourth-order valence-corrected chi connectivity index (χ4v) is 3.37. The van der Waals surface area contributed by atoms with Gasteiger partial charge in [-0.05, 0) is 0 Å². The van der Waals surface area contributed by atoms with Crippen LogP contribution in [-0.4, -0.2) is 92.0 Å². The van der Waals surface area contributed by atoms with Gasteiger partial charge in [-0.25, -0.2) is 9.18 Å². The zero-order valence-electron chi connectivity index (χ0n) is 19.8. The zero-order valence-corrected chi connectivity index (χ0v) is 19.8. The number of esters is 5. The number of ether oxygens (including phenoxy) is 6. The predicted octanol–water partition coefficient (Wildman–Crippen LogP) is -0.575. The molecule has 1 aliphatic heterocycles. The summed E-state index contributed by atoms with van der Waals surface area (Å²) in [5.74, 6) is -10.6. The Hall–Kier alpha value is -3.36. The van der Waals surface area contributed by atoms with Crippen molar-refractivity contribution in [3.8, 4) is 0 Å². The molecule has 0 aromatic rings. The molecule has 35 heavy (non-hydrogen) atoms. The third-order valence-electron chi connectivity index (χ3n) is 4.55. The summed E-state index contributed by atoms with van der Waals surface area (Å²) < 4.78 is 60.1. The summed E-state index contributed by atoms with van der Waals surface area (Å²) in [6.45, 7) is 3.95. The summed E-state index contributed by atoms with van der Waals surface area (Å²) in [6.07, 6.45) is -10.9. The molecule has 1 aliphatic rings. The van der Waals surface area contributed by atoms with Crippen LogP contribution in [0.15, 0.2) is 0 Å². The van der Waals surface area contributed by atoms with Gasteiger partial charge in [-0.15, -0.1) is 0 Å². The van der Waals surface area contributed by atoms with E-state index in [2.05, 4.69) is 10.1 Å². The molecule has 1 N–H and O–H groups in total.